The number of rotatable bonds is 4. The van der Waals surface area contributed by atoms with E-state index in [1.165, 1.54) is 17.1 Å². The summed E-state index contributed by atoms with van der Waals surface area (Å²) in [6.45, 7) is 7.71. The molecule has 3 heteroatoms. The average molecular weight is 210 g/mol. The molecular formula is C11H18N2S. The Morgan fingerprint density at radius 3 is 2.86 bits per heavy atom. The Bertz CT molecular complexity index is 317. The van der Waals surface area contributed by atoms with Crippen LogP contribution in [0.15, 0.2) is 5.38 Å². The summed E-state index contributed by atoms with van der Waals surface area (Å²) in [7, 11) is 0. The van der Waals surface area contributed by atoms with Crippen LogP contribution < -0.4 is 5.32 Å². The van der Waals surface area contributed by atoms with Crippen molar-refractivity contribution in [2.45, 2.75) is 46.2 Å². The van der Waals surface area contributed by atoms with Gasteiger partial charge in [0.25, 0.3) is 0 Å². The number of hydrogen-bond donors (Lipinski definition) is 1. The summed E-state index contributed by atoms with van der Waals surface area (Å²) in [4.78, 5) is 4.53. The van der Waals surface area contributed by atoms with Crippen LogP contribution in [0.4, 0.5) is 0 Å². The molecule has 1 atom stereocenters. The largest absolute Gasteiger partial charge is 0.308 e. The molecule has 0 radical (unpaired) electrons. The number of nitrogens with zero attached hydrogens (tertiary/aromatic N) is 1. The quantitative estimate of drug-likeness (QED) is 0.826. The molecule has 0 aliphatic heterocycles. The van der Waals surface area contributed by atoms with Crippen molar-refractivity contribution in [1.82, 2.24) is 10.3 Å². The van der Waals surface area contributed by atoms with Gasteiger partial charge in [-0.3, -0.25) is 0 Å². The fourth-order valence-electron chi connectivity index (χ4n) is 1.64. The Balaban J connectivity index is 1.81. The lowest BCUT2D eigenvalue weighted by molar-refractivity contribution is 0.539. The fraction of sp³-hybridized carbons (Fsp3) is 0.727. The van der Waals surface area contributed by atoms with Gasteiger partial charge in [0.1, 0.15) is 0 Å². The molecule has 0 amide bonds. The summed E-state index contributed by atoms with van der Waals surface area (Å²) < 4.78 is 0. The number of nitrogens with one attached hydrogen (secondary N) is 1. The van der Waals surface area contributed by atoms with Gasteiger partial charge in [0.2, 0.25) is 0 Å². The Morgan fingerprint density at radius 2 is 2.36 bits per heavy atom. The predicted octanol–water partition coefficient (Wildman–Crippen LogP) is 2.59. The van der Waals surface area contributed by atoms with Gasteiger partial charge in [-0.2, -0.15) is 0 Å². The molecule has 1 aliphatic carbocycles. The van der Waals surface area contributed by atoms with Crippen molar-refractivity contribution in [3.63, 3.8) is 0 Å². The van der Waals surface area contributed by atoms with Gasteiger partial charge in [-0.05, 0) is 18.3 Å². The lowest BCUT2D eigenvalue weighted by atomic mass is 10.2. The third-order valence-electron chi connectivity index (χ3n) is 2.94. The summed E-state index contributed by atoms with van der Waals surface area (Å²) in [5.74, 6) is 0. The highest BCUT2D eigenvalue weighted by molar-refractivity contribution is 7.09. The van der Waals surface area contributed by atoms with Crippen LogP contribution in [-0.4, -0.2) is 11.0 Å². The summed E-state index contributed by atoms with van der Waals surface area (Å²) in [6, 6.07) is 0.703. The standard InChI is InChI=1S/C11H18N2S/c1-4-10-13-8(7-14-10)6-12-9-5-11(9,2)3/h7,9,12H,4-6H2,1-3H3. The van der Waals surface area contributed by atoms with Crippen molar-refractivity contribution >= 4 is 11.3 Å². The van der Waals surface area contributed by atoms with Crippen molar-refractivity contribution in [1.29, 1.82) is 0 Å². The van der Waals surface area contributed by atoms with Gasteiger partial charge in [-0.15, -0.1) is 11.3 Å². The molecule has 1 aliphatic rings. The topological polar surface area (TPSA) is 24.9 Å². The molecular weight excluding hydrogens is 192 g/mol. The fourth-order valence-corrected chi connectivity index (χ4v) is 2.38. The molecule has 0 aromatic carbocycles. The van der Waals surface area contributed by atoms with Crippen molar-refractivity contribution in [2.75, 3.05) is 0 Å². The van der Waals surface area contributed by atoms with Crippen LogP contribution in [0.5, 0.6) is 0 Å². The van der Waals surface area contributed by atoms with Crippen LogP contribution in [0.2, 0.25) is 0 Å². The Kier molecular flexibility index (Phi) is 2.62. The number of aromatic nitrogens is 1. The number of thiazole rings is 1. The Labute approximate surface area is 89.8 Å². The molecule has 1 heterocycles. The molecule has 78 valence electrons. The third kappa shape index (κ3) is 2.15. The van der Waals surface area contributed by atoms with E-state index in [4.69, 9.17) is 0 Å². The minimum Gasteiger partial charge on any atom is -0.308 e. The van der Waals surface area contributed by atoms with E-state index in [2.05, 4.69) is 36.5 Å². The Hall–Kier alpha value is -0.410. The second kappa shape index (κ2) is 3.63. The normalized spacial score (nSPS) is 23.8. The molecule has 2 nitrogen and oxygen atoms in total. The molecule has 1 saturated carbocycles. The van der Waals surface area contributed by atoms with Crippen LogP contribution in [0.1, 0.15) is 37.9 Å². The van der Waals surface area contributed by atoms with E-state index in [0.717, 1.165) is 13.0 Å². The van der Waals surface area contributed by atoms with E-state index in [0.29, 0.717) is 11.5 Å². The summed E-state index contributed by atoms with van der Waals surface area (Å²) in [5, 5.41) is 6.96. The molecule has 14 heavy (non-hydrogen) atoms. The Morgan fingerprint density at radius 1 is 1.64 bits per heavy atom. The van der Waals surface area contributed by atoms with Crippen molar-refractivity contribution in [3.05, 3.63) is 16.1 Å². The van der Waals surface area contributed by atoms with Crippen molar-refractivity contribution in [2.24, 2.45) is 5.41 Å². The minimum atomic E-state index is 0.517. The maximum atomic E-state index is 4.53. The summed E-state index contributed by atoms with van der Waals surface area (Å²) in [6.07, 6.45) is 2.36. The van der Waals surface area contributed by atoms with Crippen LogP contribution >= 0.6 is 11.3 Å². The highest BCUT2D eigenvalue weighted by atomic mass is 32.1. The summed E-state index contributed by atoms with van der Waals surface area (Å²) >= 11 is 1.77. The molecule has 1 aromatic rings. The lowest BCUT2D eigenvalue weighted by Crippen LogP contribution is -2.20. The van der Waals surface area contributed by atoms with Crippen LogP contribution in [0.25, 0.3) is 0 Å². The van der Waals surface area contributed by atoms with Gasteiger partial charge < -0.3 is 5.32 Å². The molecule has 0 spiro atoms. The van der Waals surface area contributed by atoms with Gasteiger partial charge in [-0.1, -0.05) is 20.8 Å². The van der Waals surface area contributed by atoms with Gasteiger partial charge >= 0.3 is 0 Å². The van der Waals surface area contributed by atoms with Gasteiger partial charge in [0.15, 0.2) is 0 Å². The zero-order valence-electron chi connectivity index (χ0n) is 9.13. The van der Waals surface area contributed by atoms with E-state index in [-0.39, 0.29) is 0 Å². The highest BCUT2D eigenvalue weighted by Crippen LogP contribution is 2.44. The molecule has 1 N–H and O–H groups in total. The zero-order valence-corrected chi connectivity index (χ0v) is 9.95. The first-order valence-corrected chi connectivity index (χ1v) is 6.16. The number of hydrogen-bond acceptors (Lipinski definition) is 3. The predicted molar refractivity (Wildman–Crippen MR) is 60.5 cm³/mol. The first-order chi connectivity index (χ1) is 6.62. The van der Waals surface area contributed by atoms with Crippen molar-refractivity contribution in [3.8, 4) is 0 Å². The van der Waals surface area contributed by atoms with E-state index in [9.17, 15) is 0 Å². The zero-order chi connectivity index (χ0) is 10.2. The maximum absolute atomic E-state index is 4.53. The average Bonchev–Trinajstić information content (AvgIpc) is 2.62. The van der Waals surface area contributed by atoms with E-state index in [1.807, 2.05) is 0 Å². The van der Waals surface area contributed by atoms with Crippen molar-refractivity contribution < 1.29 is 0 Å². The molecule has 1 unspecified atom stereocenters. The SMILES string of the molecule is CCc1nc(CNC2CC2(C)C)cs1. The monoisotopic (exact) mass is 210 g/mol. The van der Waals surface area contributed by atoms with Crippen LogP contribution in [0, 0.1) is 5.41 Å². The maximum Gasteiger partial charge on any atom is 0.0926 e. The summed E-state index contributed by atoms with van der Waals surface area (Å²) in [5.41, 5.74) is 1.72. The van der Waals surface area contributed by atoms with Gasteiger partial charge in [0.05, 0.1) is 10.7 Å². The third-order valence-corrected chi connectivity index (χ3v) is 3.99. The van der Waals surface area contributed by atoms with Gasteiger partial charge in [0, 0.05) is 18.0 Å². The smallest absolute Gasteiger partial charge is 0.0926 e. The van der Waals surface area contributed by atoms with Gasteiger partial charge in [-0.25, -0.2) is 4.98 Å². The van der Waals surface area contributed by atoms with E-state index in [1.54, 1.807) is 11.3 Å². The molecule has 1 fully saturated rings. The highest BCUT2D eigenvalue weighted by Gasteiger charge is 2.45. The first kappa shape index (κ1) is 10.1. The molecule has 0 saturated heterocycles. The second-order valence-corrected chi connectivity index (χ2v) is 5.65. The lowest BCUT2D eigenvalue weighted by Gasteiger charge is -2.03. The van der Waals surface area contributed by atoms with E-state index < -0.39 is 0 Å². The van der Waals surface area contributed by atoms with Crippen LogP contribution in [0.3, 0.4) is 0 Å². The second-order valence-electron chi connectivity index (χ2n) is 4.71. The molecule has 2 rings (SSSR count). The molecule has 1 aromatic heterocycles. The number of aryl methyl sites for hydroxylation is 1. The van der Waals surface area contributed by atoms with E-state index >= 15 is 0 Å². The molecule has 0 bridgehead atoms. The van der Waals surface area contributed by atoms with Crippen LogP contribution in [-0.2, 0) is 13.0 Å². The first-order valence-electron chi connectivity index (χ1n) is 5.28. The minimum absolute atomic E-state index is 0.517.